The second-order valence-corrected chi connectivity index (χ2v) is 4.86. The highest BCUT2D eigenvalue weighted by Crippen LogP contribution is 2.37. The Kier molecular flexibility index (Phi) is 4.09. The molecule has 20 heavy (non-hydrogen) atoms. The van der Waals surface area contributed by atoms with E-state index in [9.17, 15) is 14.9 Å². The van der Waals surface area contributed by atoms with Gasteiger partial charge in [-0.3, -0.25) is 14.9 Å². The minimum absolute atomic E-state index is 0.0380. The number of rotatable bonds is 4. The fraction of sp³-hybridized carbons (Fsp3) is 0.0769. The maximum Gasteiger partial charge on any atom is 0.313 e. The van der Waals surface area contributed by atoms with Gasteiger partial charge in [-0.15, -0.1) is 0 Å². The molecule has 0 radical (unpaired) electrons. The van der Waals surface area contributed by atoms with Crippen molar-refractivity contribution in [2.24, 2.45) is 0 Å². The average molecular weight is 337 g/mol. The van der Waals surface area contributed by atoms with E-state index in [-0.39, 0.29) is 22.9 Å². The van der Waals surface area contributed by atoms with Crippen LogP contribution in [0.5, 0.6) is 11.6 Å². The minimum atomic E-state index is -0.545. The van der Waals surface area contributed by atoms with Crippen molar-refractivity contribution in [3.05, 3.63) is 56.2 Å². The van der Waals surface area contributed by atoms with E-state index in [4.69, 9.17) is 4.74 Å². The Hall–Kier alpha value is -2.28. The van der Waals surface area contributed by atoms with Gasteiger partial charge in [0.1, 0.15) is 0 Å². The molecule has 0 amide bonds. The van der Waals surface area contributed by atoms with E-state index in [1.807, 2.05) is 0 Å². The monoisotopic (exact) mass is 336 g/mol. The molecule has 0 saturated heterocycles. The number of carbonyl (C=O) groups is 1. The molecule has 0 atom stereocenters. The summed E-state index contributed by atoms with van der Waals surface area (Å²) in [6.45, 7) is 1.68. The van der Waals surface area contributed by atoms with Gasteiger partial charge in [0.15, 0.2) is 6.29 Å². The quantitative estimate of drug-likeness (QED) is 0.483. The Morgan fingerprint density at radius 3 is 2.85 bits per heavy atom. The Morgan fingerprint density at radius 2 is 2.20 bits per heavy atom. The van der Waals surface area contributed by atoms with Gasteiger partial charge in [-0.05, 0) is 25.1 Å². The van der Waals surface area contributed by atoms with Gasteiger partial charge in [0, 0.05) is 22.3 Å². The molecule has 0 spiro atoms. The number of aryl methyl sites for hydroxylation is 1. The molecule has 0 aliphatic carbocycles. The van der Waals surface area contributed by atoms with Crippen LogP contribution in [0.4, 0.5) is 5.69 Å². The van der Waals surface area contributed by atoms with E-state index in [0.717, 1.165) is 0 Å². The van der Waals surface area contributed by atoms with Crippen LogP contribution in [-0.2, 0) is 0 Å². The summed E-state index contributed by atoms with van der Waals surface area (Å²) in [7, 11) is 0. The SMILES string of the molecule is Cc1cc(Br)cc([N+](=O)[O-])c1Oc1ncccc1C=O. The second kappa shape index (κ2) is 5.79. The number of halogens is 1. The van der Waals surface area contributed by atoms with Gasteiger partial charge in [0.2, 0.25) is 11.6 Å². The van der Waals surface area contributed by atoms with Crippen molar-refractivity contribution in [1.29, 1.82) is 0 Å². The van der Waals surface area contributed by atoms with Crippen LogP contribution in [0, 0.1) is 17.0 Å². The number of nitro groups is 1. The predicted molar refractivity (Wildman–Crippen MR) is 75.2 cm³/mol. The Morgan fingerprint density at radius 1 is 1.45 bits per heavy atom. The highest BCUT2D eigenvalue weighted by atomic mass is 79.9. The molecule has 1 aromatic carbocycles. The summed E-state index contributed by atoms with van der Waals surface area (Å²) in [5.74, 6) is 0.107. The van der Waals surface area contributed by atoms with E-state index in [1.54, 1.807) is 19.1 Å². The molecule has 0 aliphatic rings. The lowest BCUT2D eigenvalue weighted by atomic mass is 10.2. The summed E-state index contributed by atoms with van der Waals surface area (Å²) in [6, 6.07) is 6.13. The largest absolute Gasteiger partial charge is 0.431 e. The van der Waals surface area contributed by atoms with Gasteiger partial charge in [-0.1, -0.05) is 15.9 Å². The number of hydrogen-bond donors (Lipinski definition) is 0. The van der Waals surface area contributed by atoms with Crippen molar-refractivity contribution < 1.29 is 14.5 Å². The summed E-state index contributed by atoms with van der Waals surface area (Å²) in [6.07, 6.45) is 2.03. The van der Waals surface area contributed by atoms with Crippen molar-refractivity contribution >= 4 is 27.9 Å². The number of ether oxygens (including phenoxy) is 1. The lowest BCUT2D eigenvalue weighted by Gasteiger charge is -2.10. The summed E-state index contributed by atoms with van der Waals surface area (Å²) in [5, 5.41) is 11.1. The standard InChI is InChI=1S/C13H9BrN2O4/c1-8-5-10(14)6-11(16(18)19)12(8)20-13-9(7-17)3-2-4-15-13/h2-7H,1H3. The van der Waals surface area contributed by atoms with Gasteiger partial charge in [0.25, 0.3) is 0 Å². The van der Waals surface area contributed by atoms with Crippen molar-refractivity contribution in [1.82, 2.24) is 4.98 Å². The van der Waals surface area contributed by atoms with E-state index < -0.39 is 4.92 Å². The molecule has 0 bridgehead atoms. The lowest BCUT2D eigenvalue weighted by Crippen LogP contribution is -1.99. The molecule has 7 heteroatoms. The molecule has 2 aromatic rings. The first-order valence-corrected chi connectivity index (χ1v) is 6.35. The Balaban J connectivity index is 2.53. The van der Waals surface area contributed by atoms with Crippen molar-refractivity contribution in [2.45, 2.75) is 6.92 Å². The van der Waals surface area contributed by atoms with Crippen molar-refractivity contribution in [3.8, 4) is 11.6 Å². The maximum absolute atomic E-state index is 11.1. The van der Waals surface area contributed by atoms with Crippen molar-refractivity contribution in [3.63, 3.8) is 0 Å². The molecule has 1 aromatic heterocycles. The number of pyridine rings is 1. The third-order valence-corrected chi connectivity index (χ3v) is 3.00. The Bertz CT molecular complexity index is 688. The van der Waals surface area contributed by atoms with Gasteiger partial charge in [0.05, 0.1) is 10.5 Å². The van der Waals surface area contributed by atoms with Gasteiger partial charge in [-0.25, -0.2) is 4.98 Å². The number of carbonyl (C=O) groups excluding carboxylic acids is 1. The van der Waals surface area contributed by atoms with E-state index >= 15 is 0 Å². The third kappa shape index (κ3) is 2.83. The summed E-state index contributed by atoms with van der Waals surface area (Å²) >= 11 is 3.20. The molecular weight excluding hydrogens is 328 g/mol. The van der Waals surface area contributed by atoms with Crippen LogP contribution in [0.3, 0.4) is 0 Å². The molecule has 0 aliphatic heterocycles. The Labute approximate surface area is 122 Å². The van der Waals surface area contributed by atoms with E-state index in [2.05, 4.69) is 20.9 Å². The highest BCUT2D eigenvalue weighted by molar-refractivity contribution is 9.10. The van der Waals surface area contributed by atoms with Crippen molar-refractivity contribution in [2.75, 3.05) is 0 Å². The van der Waals surface area contributed by atoms with Crippen LogP contribution in [0.15, 0.2) is 34.9 Å². The number of aldehydes is 1. The molecule has 6 nitrogen and oxygen atoms in total. The fourth-order valence-electron chi connectivity index (χ4n) is 1.66. The summed E-state index contributed by atoms with van der Waals surface area (Å²) in [4.78, 5) is 25.4. The first-order valence-electron chi connectivity index (χ1n) is 5.55. The first-order chi connectivity index (χ1) is 9.52. The lowest BCUT2D eigenvalue weighted by molar-refractivity contribution is -0.385. The van der Waals surface area contributed by atoms with Crippen LogP contribution in [-0.4, -0.2) is 16.2 Å². The molecule has 0 fully saturated rings. The van der Waals surface area contributed by atoms with Crippen LogP contribution in [0.25, 0.3) is 0 Å². The van der Waals surface area contributed by atoms with Crippen LogP contribution < -0.4 is 4.74 Å². The number of hydrogen-bond acceptors (Lipinski definition) is 5. The highest BCUT2D eigenvalue weighted by Gasteiger charge is 2.21. The zero-order valence-corrected chi connectivity index (χ0v) is 12.0. The predicted octanol–water partition coefficient (Wildman–Crippen LogP) is 3.67. The summed E-state index contributed by atoms with van der Waals surface area (Å²) < 4.78 is 6.05. The molecule has 102 valence electrons. The number of nitro benzene ring substituents is 1. The first kappa shape index (κ1) is 14.1. The number of aromatic nitrogens is 1. The zero-order valence-electron chi connectivity index (χ0n) is 10.4. The second-order valence-electron chi connectivity index (χ2n) is 3.95. The number of nitrogens with zero attached hydrogens (tertiary/aromatic N) is 2. The molecular formula is C13H9BrN2O4. The van der Waals surface area contributed by atoms with Gasteiger partial charge in [-0.2, -0.15) is 0 Å². The third-order valence-electron chi connectivity index (χ3n) is 2.54. The van der Waals surface area contributed by atoms with Crippen LogP contribution in [0.1, 0.15) is 15.9 Å². The normalized spacial score (nSPS) is 10.1. The van der Waals surface area contributed by atoms with Gasteiger partial charge < -0.3 is 4.74 Å². The molecule has 0 unspecified atom stereocenters. The average Bonchev–Trinajstić information content (AvgIpc) is 2.41. The smallest absolute Gasteiger partial charge is 0.313 e. The minimum Gasteiger partial charge on any atom is -0.431 e. The van der Waals surface area contributed by atoms with E-state index in [1.165, 1.54) is 18.3 Å². The molecule has 0 N–H and O–H groups in total. The summed E-state index contributed by atoms with van der Waals surface area (Å²) in [5.41, 5.74) is 0.595. The maximum atomic E-state index is 11.1. The fourth-order valence-corrected chi connectivity index (χ4v) is 2.22. The van der Waals surface area contributed by atoms with Crippen LogP contribution >= 0.6 is 15.9 Å². The van der Waals surface area contributed by atoms with Gasteiger partial charge >= 0.3 is 5.69 Å². The molecule has 2 rings (SSSR count). The molecule has 1 heterocycles. The topological polar surface area (TPSA) is 82.3 Å². The van der Waals surface area contributed by atoms with E-state index in [0.29, 0.717) is 16.3 Å². The zero-order chi connectivity index (χ0) is 14.7. The number of benzene rings is 1. The van der Waals surface area contributed by atoms with Crippen LogP contribution in [0.2, 0.25) is 0 Å². The molecule has 0 saturated carbocycles.